The van der Waals surface area contributed by atoms with Crippen molar-refractivity contribution in [1.82, 2.24) is 9.97 Å². The number of sulfonamides is 1. The fraction of sp³-hybridized carbons (Fsp3) is 0.222. The van der Waals surface area contributed by atoms with E-state index in [1.807, 2.05) is 4.90 Å². The quantitative estimate of drug-likeness (QED) is 0.736. The van der Waals surface area contributed by atoms with E-state index in [0.29, 0.717) is 48.6 Å². The lowest BCUT2D eigenvalue weighted by Crippen LogP contribution is -2.47. The zero-order valence-corrected chi connectivity index (χ0v) is 15.2. The maximum Gasteiger partial charge on any atom is 0.240 e. The molecule has 0 aliphatic carbocycles. The van der Waals surface area contributed by atoms with E-state index >= 15 is 0 Å². The Bertz CT molecular complexity index is 1100. The van der Waals surface area contributed by atoms with Gasteiger partial charge in [0.25, 0.3) is 0 Å². The Hall–Kier alpha value is -2.78. The molecule has 0 saturated carbocycles. The van der Waals surface area contributed by atoms with Crippen LogP contribution in [0.5, 0.6) is 0 Å². The number of hydrogen-bond acceptors (Lipinski definition) is 6. The Morgan fingerprint density at radius 2 is 1.67 bits per heavy atom. The first kappa shape index (κ1) is 17.6. The molecule has 0 unspecified atom stereocenters. The molecule has 27 heavy (non-hydrogen) atoms. The number of nitrogens with zero attached hydrogens (tertiary/aromatic N) is 4. The van der Waals surface area contributed by atoms with Crippen LogP contribution in [0.2, 0.25) is 0 Å². The lowest BCUT2D eigenvalue weighted by Gasteiger charge is -2.37. The highest BCUT2D eigenvalue weighted by atomic mass is 32.2. The van der Waals surface area contributed by atoms with Crippen molar-refractivity contribution in [1.29, 1.82) is 0 Å². The topological polar surface area (TPSA) is 92.4 Å². The van der Waals surface area contributed by atoms with Gasteiger partial charge in [-0.05, 0) is 30.3 Å². The molecule has 0 radical (unpaired) electrons. The minimum absolute atomic E-state index is 0.119. The number of para-hydroxylation sites is 1. The highest BCUT2D eigenvalue weighted by Gasteiger charge is 2.24. The molecule has 0 atom stereocenters. The predicted octanol–water partition coefficient (Wildman–Crippen LogP) is 1.74. The fourth-order valence-corrected chi connectivity index (χ4v) is 4.14. The number of nitrogens with two attached hydrogens (primary N) is 1. The number of aromatic nitrogens is 2. The number of halogens is 1. The van der Waals surface area contributed by atoms with Crippen LogP contribution in [0.4, 0.5) is 15.9 Å². The summed E-state index contributed by atoms with van der Waals surface area (Å²) in [6, 6.07) is 11.2. The Morgan fingerprint density at radius 3 is 2.41 bits per heavy atom. The molecule has 1 fully saturated rings. The lowest BCUT2D eigenvalue weighted by molar-refractivity contribution is 0.595. The van der Waals surface area contributed by atoms with Crippen LogP contribution in [0, 0.1) is 5.82 Å². The molecule has 9 heteroatoms. The normalized spacial score (nSPS) is 15.3. The number of hydrogen-bond donors (Lipinski definition) is 1. The molecule has 1 aliphatic rings. The van der Waals surface area contributed by atoms with Crippen molar-refractivity contribution in [3.05, 3.63) is 54.6 Å². The SMILES string of the molecule is NS(=O)(=O)c1ccccc1N1CCN(c2ncnc3ccc(F)cc23)CC1. The zero-order chi connectivity index (χ0) is 19.0. The van der Waals surface area contributed by atoms with E-state index in [2.05, 4.69) is 14.9 Å². The van der Waals surface area contributed by atoms with Crippen LogP contribution in [-0.2, 0) is 10.0 Å². The Balaban J connectivity index is 1.60. The van der Waals surface area contributed by atoms with Gasteiger partial charge in [-0.2, -0.15) is 0 Å². The molecule has 140 valence electrons. The Labute approximate surface area is 156 Å². The van der Waals surface area contributed by atoms with Crippen LogP contribution in [0.1, 0.15) is 0 Å². The predicted molar refractivity (Wildman–Crippen MR) is 102 cm³/mol. The number of piperazine rings is 1. The lowest BCUT2D eigenvalue weighted by atomic mass is 10.2. The van der Waals surface area contributed by atoms with Gasteiger partial charge in [-0.15, -0.1) is 0 Å². The van der Waals surface area contributed by atoms with Gasteiger partial charge in [0.05, 0.1) is 11.2 Å². The average Bonchev–Trinajstić information content (AvgIpc) is 2.67. The minimum atomic E-state index is -3.80. The molecule has 7 nitrogen and oxygen atoms in total. The molecule has 0 bridgehead atoms. The molecule has 3 aromatic rings. The van der Waals surface area contributed by atoms with Gasteiger partial charge in [-0.25, -0.2) is 27.9 Å². The van der Waals surface area contributed by atoms with Crippen LogP contribution < -0.4 is 14.9 Å². The Kier molecular flexibility index (Phi) is 4.40. The highest BCUT2D eigenvalue weighted by Crippen LogP contribution is 2.28. The van der Waals surface area contributed by atoms with Crippen LogP contribution >= 0.6 is 0 Å². The molecular formula is C18H18FN5O2S. The van der Waals surface area contributed by atoms with E-state index in [9.17, 15) is 12.8 Å². The van der Waals surface area contributed by atoms with Gasteiger partial charge in [0.2, 0.25) is 10.0 Å². The molecule has 2 aromatic carbocycles. The van der Waals surface area contributed by atoms with Gasteiger partial charge in [0.15, 0.2) is 0 Å². The van der Waals surface area contributed by atoms with Crippen LogP contribution in [-0.4, -0.2) is 44.6 Å². The van der Waals surface area contributed by atoms with Gasteiger partial charge in [0.1, 0.15) is 22.9 Å². The van der Waals surface area contributed by atoms with Crippen LogP contribution in [0.3, 0.4) is 0 Å². The highest BCUT2D eigenvalue weighted by molar-refractivity contribution is 7.89. The van der Waals surface area contributed by atoms with E-state index in [1.165, 1.54) is 24.5 Å². The summed E-state index contributed by atoms with van der Waals surface area (Å²) in [5.41, 5.74) is 1.28. The van der Waals surface area contributed by atoms with Crippen molar-refractivity contribution in [2.24, 2.45) is 5.14 Å². The summed E-state index contributed by atoms with van der Waals surface area (Å²) in [5.74, 6) is 0.346. The third-order valence-electron chi connectivity index (χ3n) is 4.67. The van der Waals surface area contributed by atoms with Crippen molar-refractivity contribution in [3.63, 3.8) is 0 Å². The minimum Gasteiger partial charge on any atom is -0.367 e. The van der Waals surface area contributed by atoms with Crippen molar-refractivity contribution < 1.29 is 12.8 Å². The molecule has 2 N–H and O–H groups in total. The van der Waals surface area contributed by atoms with Crippen molar-refractivity contribution >= 4 is 32.4 Å². The third-order valence-corrected chi connectivity index (χ3v) is 5.63. The van der Waals surface area contributed by atoms with Crippen LogP contribution in [0.15, 0.2) is 53.7 Å². The summed E-state index contributed by atoms with van der Waals surface area (Å²) in [5, 5.41) is 6.00. The second-order valence-corrected chi connectivity index (χ2v) is 7.88. The fourth-order valence-electron chi connectivity index (χ4n) is 3.39. The largest absolute Gasteiger partial charge is 0.367 e. The number of fused-ring (bicyclic) bond motifs is 1. The molecular weight excluding hydrogens is 369 g/mol. The first-order valence-corrected chi connectivity index (χ1v) is 10.00. The number of rotatable bonds is 3. The summed E-state index contributed by atoms with van der Waals surface area (Å²) in [4.78, 5) is 12.7. The molecule has 0 spiro atoms. The molecule has 2 heterocycles. The van der Waals surface area contributed by atoms with Crippen molar-refractivity contribution in [3.8, 4) is 0 Å². The average molecular weight is 387 g/mol. The van der Waals surface area contributed by atoms with E-state index in [4.69, 9.17) is 5.14 Å². The molecule has 4 rings (SSSR count). The standard InChI is InChI=1S/C18H18FN5O2S/c19-13-5-6-15-14(11-13)18(22-12-21-15)24-9-7-23(8-10-24)16-3-1-2-4-17(16)27(20,25)26/h1-6,11-12H,7-10H2,(H2,20,25,26). The van der Waals surface area contributed by atoms with Crippen molar-refractivity contribution in [2.45, 2.75) is 4.90 Å². The van der Waals surface area contributed by atoms with Gasteiger partial charge < -0.3 is 9.80 Å². The van der Waals surface area contributed by atoms with Crippen molar-refractivity contribution in [2.75, 3.05) is 36.0 Å². The molecule has 1 aliphatic heterocycles. The van der Waals surface area contributed by atoms with E-state index < -0.39 is 10.0 Å². The van der Waals surface area contributed by atoms with Gasteiger partial charge in [-0.1, -0.05) is 12.1 Å². The second-order valence-electron chi connectivity index (χ2n) is 6.35. The smallest absolute Gasteiger partial charge is 0.240 e. The summed E-state index contributed by atoms with van der Waals surface area (Å²) in [7, 11) is -3.80. The number of benzene rings is 2. The van der Waals surface area contributed by atoms with Gasteiger partial charge in [-0.3, -0.25) is 0 Å². The molecule has 0 amide bonds. The summed E-state index contributed by atoms with van der Waals surface area (Å²) >= 11 is 0. The van der Waals surface area contributed by atoms with Gasteiger partial charge in [0, 0.05) is 31.6 Å². The summed E-state index contributed by atoms with van der Waals surface area (Å²) in [6.07, 6.45) is 1.47. The zero-order valence-electron chi connectivity index (χ0n) is 14.4. The maximum atomic E-state index is 13.7. The first-order valence-electron chi connectivity index (χ1n) is 8.45. The summed E-state index contributed by atoms with van der Waals surface area (Å²) in [6.45, 7) is 2.41. The second kappa shape index (κ2) is 6.75. The number of primary sulfonamides is 1. The van der Waals surface area contributed by atoms with E-state index in [1.54, 1.807) is 24.3 Å². The number of anilines is 2. The molecule has 1 saturated heterocycles. The van der Waals surface area contributed by atoms with Crippen LogP contribution in [0.25, 0.3) is 10.9 Å². The third kappa shape index (κ3) is 3.43. The Morgan fingerprint density at radius 1 is 0.963 bits per heavy atom. The van der Waals surface area contributed by atoms with Gasteiger partial charge >= 0.3 is 0 Å². The van der Waals surface area contributed by atoms with E-state index in [-0.39, 0.29) is 10.7 Å². The van der Waals surface area contributed by atoms with E-state index in [0.717, 1.165) is 0 Å². The monoisotopic (exact) mass is 387 g/mol. The maximum absolute atomic E-state index is 13.7. The first-order chi connectivity index (χ1) is 12.9. The molecule has 1 aromatic heterocycles. The summed E-state index contributed by atoms with van der Waals surface area (Å²) < 4.78 is 37.4.